The highest BCUT2D eigenvalue weighted by Gasteiger charge is 2.25. The fourth-order valence-corrected chi connectivity index (χ4v) is 1.51. The van der Waals surface area contributed by atoms with Crippen molar-refractivity contribution in [1.29, 1.82) is 0 Å². The highest BCUT2D eigenvalue weighted by atomic mass is 16.3. The summed E-state index contributed by atoms with van der Waals surface area (Å²) < 4.78 is 0. The molecular formula is C12H21N3O. The van der Waals surface area contributed by atoms with Gasteiger partial charge in [0.25, 0.3) is 0 Å². The second-order valence-corrected chi connectivity index (χ2v) is 4.66. The highest BCUT2D eigenvalue weighted by molar-refractivity contribution is 5.51. The van der Waals surface area contributed by atoms with Gasteiger partial charge in [-0.2, -0.15) is 0 Å². The maximum Gasteiger partial charge on any atom is 0.133 e. The van der Waals surface area contributed by atoms with Crippen molar-refractivity contribution in [3.8, 4) is 0 Å². The molecule has 3 N–H and O–H groups in total. The lowest BCUT2D eigenvalue weighted by Gasteiger charge is -2.36. The summed E-state index contributed by atoms with van der Waals surface area (Å²) in [5, 5.41) is 9.36. The summed E-state index contributed by atoms with van der Waals surface area (Å²) in [5.41, 5.74) is 7.57. The van der Waals surface area contributed by atoms with Gasteiger partial charge in [0.1, 0.15) is 5.82 Å². The summed E-state index contributed by atoms with van der Waals surface area (Å²) in [5.74, 6) is 0.849. The smallest absolute Gasteiger partial charge is 0.133 e. The van der Waals surface area contributed by atoms with Gasteiger partial charge in [-0.25, -0.2) is 4.98 Å². The van der Waals surface area contributed by atoms with E-state index in [-0.39, 0.29) is 12.1 Å². The average Bonchev–Trinajstić information content (AvgIpc) is 2.27. The number of aliphatic hydroxyl groups is 1. The van der Waals surface area contributed by atoms with Crippen molar-refractivity contribution in [1.82, 2.24) is 4.98 Å². The average molecular weight is 223 g/mol. The van der Waals surface area contributed by atoms with Gasteiger partial charge in [0.15, 0.2) is 0 Å². The maximum atomic E-state index is 9.36. The molecule has 0 atom stereocenters. The summed E-state index contributed by atoms with van der Waals surface area (Å²) in [6.45, 7) is 6.49. The summed E-state index contributed by atoms with van der Waals surface area (Å²) in [6.07, 6.45) is 1.77. The van der Waals surface area contributed by atoms with E-state index in [0.29, 0.717) is 6.54 Å². The quantitative estimate of drug-likeness (QED) is 0.801. The first-order valence-electron chi connectivity index (χ1n) is 5.43. The molecule has 0 saturated carbocycles. The van der Waals surface area contributed by atoms with Gasteiger partial charge in [0.05, 0.1) is 12.1 Å². The first kappa shape index (κ1) is 12.9. The third kappa shape index (κ3) is 2.33. The second-order valence-electron chi connectivity index (χ2n) is 4.66. The van der Waals surface area contributed by atoms with Gasteiger partial charge in [-0.1, -0.05) is 0 Å². The molecule has 0 aliphatic heterocycles. The molecule has 1 aromatic rings. The minimum atomic E-state index is -0.343. The largest absolute Gasteiger partial charge is 0.394 e. The number of rotatable bonds is 4. The fourth-order valence-electron chi connectivity index (χ4n) is 1.51. The molecule has 0 unspecified atom stereocenters. The molecule has 0 radical (unpaired) electrons. The zero-order valence-electron chi connectivity index (χ0n) is 10.5. The number of likely N-dealkylation sites (N-methyl/N-ethyl adjacent to an activating group) is 1. The first-order valence-corrected chi connectivity index (χ1v) is 5.43. The monoisotopic (exact) mass is 223 g/mol. The number of nitrogens with zero attached hydrogens (tertiary/aromatic N) is 2. The van der Waals surface area contributed by atoms with Crippen LogP contribution in [-0.2, 0) is 6.54 Å². The molecule has 1 heterocycles. The Labute approximate surface area is 97.1 Å². The van der Waals surface area contributed by atoms with Crippen molar-refractivity contribution in [3.05, 3.63) is 23.4 Å². The van der Waals surface area contributed by atoms with Crippen LogP contribution in [0.25, 0.3) is 0 Å². The molecule has 1 rings (SSSR count). The lowest BCUT2D eigenvalue weighted by Crippen LogP contribution is -2.45. The SMILES string of the molecule is Cc1ccnc(N(C)C(C)(C)CO)c1CN. The predicted molar refractivity (Wildman–Crippen MR) is 66.4 cm³/mol. The van der Waals surface area contributed by atoms with Gasteiger partial charge in [0, 0.05) is 25.4 Å². The molecule has 0 amide bonds. The van der Waals surface area contributed by atoms with Crippen LogP contribution in [0.3, 0.4) is 0 Å². The van der Waals surface area contributed by atoms with Gasteiger partial charge < -0.3 is 15.7 Å². The van der Waals surface area contributed by atoms with E-state index in [0.717, 1.165) is 16.9 Å². The first-order chi connectivity index (χ1) is 7.44. The van der Waals surface area contributed by atoms with E-state index in [2.05, 4.69) is 4.98 Å². The van der Waals surface area contributed by atoms with E-state index in [1.165, 1.54) is 0 Å². The predicted octanol–water partition coefficient (Wildman–Crippen LogP) is 1.06. The lowest BCUT2D eigenvalue weighted by molar-refractivity contribution is 0.215. The summed E-state index contributed by atoms with van der Waals surface area (Å²) in [7, 11) is 1.93. The third-order valence-corrected chi connectivity index (χ3v) is 3.08. The zero-order chi connectivity index (χ0) is 12.3. The molecule has 0 bridgehead atoms. The number of aryl methyl sites for hydroxylation is 1. The Morgan fingerprint density at radius 3 is 2.62 bits per heavy atom. The molecule has 0 spiro atoms. The van der Waals surface area contributed by atoms with Gasteiger partial charge >= 0.3 is 0 Å². The van der Waals surface area contributed by atoms with Gasteiger partial charge in [0.2, 0.25) is 0 Å². The number of anilines is 1. The number of aromatic nitrogens is 1. The minimum Gasteiger partial charge on any atom is -0.394 e. The summed E-state index contributed by atoms with van der Waals surface area (Å²) in [6, 6.07) is 1.95. The maximum absolute atomic E-state index is 9.36. The van der Waals surface area contributed by atoms with E-state index in [1.807, 2.05) is 38.8 Å². The molecule has 0 aliphatic rings. The van der Waals surface area contributed by atoms with E-state index < -0.39 is 0 Å². The van der Waals surface area contributed by atoms with Crippen LogP contribution in [0.1, 0.15) is 25.0 Å². The molecule has 4 heteroatoms. The van der Waals surface area contributed by atoms with Crippen LogP contribution in [0.2, 0.25) is 0 Å². The number of aliphatic hydroxyl groups excluding tert-OH is 1. The summed E-state index contributed by atoms with van der Waals surface area (Å²) >= 11 is 0. The second kappa shape index (κ2) is 4.80. The van der Waals surface area contributed by atoms with E-state index >= 15 is 0 Å². The standard InChI is InChI=1S/C12H21N3O/c1-9-5-6-14-11(10(9)7-13)15(4)12(2,3)8-16/h5-6,16H,7-8,13H2,1-4H3. The van der Waals surface area contributed by atoms with Crippen LogP contribution in [0.15, 0.2) is 12.3 Å². The molecular weight excluding hydrogens is 202 g/mol. The number of hydrogen-bond donors (Lipinski definition) is 2. The Kier molecular flexibility index (Phi) is 3.88. The Morgan fingerprint density at radius 2 is 2.12 bits per heavy atom. The Bertz CT molecular complexity index is 363. The van der Waals surface area contributed by atoms with Crippen LogP contribution in [-0.4, -0.2) is 29.3 Å². The third-order valence-electron chi connectivity index (χ3n) is 3.08. The molecule has 0 aromatic carbocycles. The fraction of sp³-hybridized carbons (Fsp3) is 0.583. The van der Waals surface area contributed by atoms with Crippen LogP contribution >= 0.6 is 0 Å². The molecule has 90 valence electrons. The normalized spacial score (nSPS) is 11.6. The summed E-state index contributed by atoms with van der Waals surface area (Å²) in [4.78, 5) is 6.33. The van der Waals surface area contributed by atoms with E-state index in [1.54, 1.807) is 6.20 Å². The zero-order valence-corrected chi connectivity index (χ0v) is 10.5. The molecule has 16 heavy (non-hydrogen) atoms. The molecule has 1 aromatic heterocycles. The molecule has 0 aliphatic carbocycles. The number of hydrogen-bond acceptors (Lipinski definition) is 4. The van der Waals surface area contributed by atoms with Crippen LogP contribution in [0.4, 0.5) is 5.82 Å². The van der Waals surface area contributed by atoms with Crippen molar-refractivity contribution in [2.45, 2.75) is 32.9 Å². The highest BCUT2D eigenvalue weighted by Crippen LogP contribution is 2.25. The molecule has 4 nitrogen and oxygen atoms in total. The van der Waals surface area contributed by atoms with Crippen LogP contribution in [0.5, 0.6) is 0 Å². The number of nitrogens with two attached hydrogens (primary N) is 1. The number of pyridine rings is 1. The van der Waals surface area contributed by atoms with E-state index in [9.17, 15) is 5.11 Å². The van der Waals surface area contributed by atoms with E-state index in [4.69, 9.17) is 5.73 Å². The minimum absolute atomic E-state index is 0.0726. The van der Waals surface area contributed by atoms with Gasteiger partial charge in [-0.15, -0.1) is 0 Å². The van der Waals surface area contributed by atoms with Gasteiger partial charge in [-0.3, -0.25) is 0 Å². The van der Waals surface area contributed by atoms with Crippen molar-refractivity contribution in [3.63, 3.8) is 0 Å². The van der Waals surface area contributed by atoms with Crippen molar-refractivity contribution >= 4 is 5.82 Å². The van der Waals surface area contributed by atoms with Crippen LogP contribution < -0.4 is 10.6 Å². The van der Waals surface area contributed by atoms with Gasteiger partial charge in [-0.05, 0) is 32.4 Å². The Balaban J connectivity index is 3.18. The topological polar surface area (TPSA) is 62.4 Å². The van der Waals surface area contributed by atoms with Crippen molar-refractivity contribution in [2.24, 2.45) is 5.73 Å². The van der Waals surface area contributed by atoms with Crippen LogP contribution in [0, 0.1) is 6.92 Å². The lowest BCUT2D eigenvalue weighted by atomic mass is 10.0. The Morgan fingerprint density at radius 1 is 1.50 bits per heavy atom. The Hall–Kier alpha value is -1.13. The van der Waals surface area contributed by atoms with Crippen molar-refractivity contribution < 1.29 is 5.11 Å². The molecule has 0 fully saturated rings. The molecule has 0 saturated heterocycles. The van der Waals surface area contributed by atoms with Crippen molar-refractivity contribution in [2.75, 3.05) is 18.6 Å².